The van der Waals surface area contributed by atoms with E-state index in [1.54, 1.807) is 29.2 Å². The zero-order chi connectivity index (χ0) is 22.2. The van der Waals surface area contributed by atoms with Crippen molar-refractivity contribution in [3.63, 3.8) is 0 Å². The van der Waals surface area contributed by atoms with Crippen LogP contribution in [0.15, 0.2) is 52.4 Å². The van der Waals surface area contributed by atoms with Gasteiger partial charge >= 0.3 is 0 Å². The van der Waals surface area contributed by atoms with Crippen LogP contribution in [0.5, 0.6) is 0 Å². The Morgan fingerprint density at radius 1 is 1.16 bits per heavy atom. The maximum Gasteiger partial charge on any atom is 0.272 e. The molecule has 1 N–H and O–H groups in total. The highest BCUT2D eigenvalue weighted by Crippen LogP contribution is 2.23. The van der Waals surface area contributed by atoms with Crippen LogP contribution in [0.3, 0.4) is 0 Å². The van der Waals surface area contributed by atoms with Crippen molar-refractivity contribution < 1.29 is 9.18 Å². The third kappa shape index (κ3) is 3.56. The molecule has 3 heterocycles. The molecule has 0 saturated heterocycles. The summed E-state index contributed by atoms with van der Waals surface area (Å²) >= 11 is 1.50. The van der Waals surface area contributed by atoms with Gasteiger partial charge in [-0.2, -0.15) is 5.10 Å². The van der Waals surface area contributed by atoms with Gasteiger partial charge in [0.15, 0.2) is 11.0 Å². The largest absolute Gasteiger partial charge is 0.329 e. The lowest BCUT2D eigenvalue weighted by Crippen LogP contribution is -2.39. The predicted molar refractivity (Wildman–Crippen MR) is 118 cm³/mol. The highest BCUT2D eigenvalue weighted by Gasteiger charge is 2.27. The lowest BCUT2D eigenvalue weighted by Gasteiger charge is -2.28. The van der Waals surface area contributed by atoms with Gasteiger partial charge in [-0.15, -0.1) is 10.2 Å². The Balaban J connectivity index is 1.43. The molecular formula is C22H19FN6O2S. The molecule has 5 rings (SSSR count). The van der Waals surface area contributed by atoms with Crippen molar-refractivity contribution >= 4 is 28.4 Å². The Morgan fingerprint density at radius 3 is 2.78 bits per heavy atom. The molecule has 162 valence electrons. The molecule has 32 heavy (non-hydrogen) atoms. The number of benzene rings is 2. The van der Waals surface area contributed by atoms with E-state index in [-0.39, 0.29) is 23.6 Å². The normalized spacial score (nSPS) is 13.4. The van der Waals surface area contributed by atoms with Gasteiger partial charge < -0.3 is 9.47 Å². The SMILES string of the molecule is CSc1nnc2n1CCN(C(=O)c1cc(Cc3n[nH]c(=O)c4ccccc34)ccc1F)C2. The van der Waals surface area contributed by atoms with Crippen molar-refractivity contribution in [1.29, 1.82) is 0 Å². The lowest BCUT2D eigenvalue weighted by atomic mass is 10.0. The maximum atomic E-state index is 14.6. The van der Waals surface area contributed by atoms with E-state index in [0.717, 1.165) is 16.1 Å². The summed E-state index contributed by atoms with van der Waals surface area (Å²) in [4.78, 5) is 26.7. The first kappa shape index (κ1) is 20.4. The van der Waals surface area contributed by atoms with E-state index >= 15 is 0 Å². The van der Waals surface area contributed by atoms with Gasteiger partial charge in [0.05, 0.1) is 23.2 Å². The number of thioether (sulfide) groups is 1. The molecule has 10 heteroatoms. The monoisotopic (exact) mass is 450 g/mol. The number of rotatable bonds is 4. The number of H-pyrrole nitrogens is 1. The molecule has 0 saturated carbocycles. The van der Waals surface area contributed by atoms with Crippen molar-refractivity contribution in [2.75, 3.05) is 12.8 Å². The second-order valence-electron chi connectivity index (χ2n) is 7.52. The van der Waals surface area contributed by atoms with Crippen LogP contribution in [-0.4, -0.2) is 48.6 Å². The van der Waals surface area contributed by atoms with Crippen LogP contribution >= 0.6 is 11.8 Å². The van der Waals surface area contributed by atoms with Crippen LogP contribution in [0.4, 0.5) is 4.39 Å². The van der Waals surface area contributed by atoms with E-state index in [1.807, 2.05) is 23.0 Å². The summed E-state index contributed by atoms with van der Waals surface area (Å²) in [5.41, 5.74) is 1.13. The molecular weight excluding hydrogens is 431 g/mol. The summed E-state index contributed by atoms with van der Waals surface area (Å²) in [6.07, 6.45) is 2.28. The number of aromatic nitrogens is 5. The van der Waals surface area contributed by atoms with Crippen LogP contribution in [0.2, 0.25) is 0 Å². The summed E-state index contributed by atoms with van der Waals surface area (Å²) in [6.45, 7) is 1.30. The van der Waals surface area contributed by atoms with E-state index in [4.69, 9.17) is 0 Å². The molecule has 0 atom stereocenters. The Kier molecular flexibility index (Phi) is 5.22. The fraction of sp³-hybridized carbons (Fsp3) is 0.227. The number of carbonyl (C=O) groups is 1. The number of amides is 1. The summed E-state index contributed by atoms with van der Waals surface area (Å²) in [5, 5.41) is 17.0. The smallest absolute Gasteiger partial charge is 0.272 e. The van der Waals surface area contributed by atoms with Crippen LogP contribution in [0.25, 0.3) is 10.8 Å². The van der Waals surface area contributed by atoms with Gasteiger partial charge in [-0.25, -0.2) is 9.49 Å². The lowest BCUT2D eigenvalue weighted by molar-refractivity contribution is 0.0699. The first-order valence-corrected chi connectivity index (χ1v) is 11.3. The summed E-state index contributed by atoms with van der Waals surface area (Å²) in [7, 11) is 0. The summed E-state index contributed by atoms with van der Waals surface area (Å²) in [5.74, 6) is -0.270. The predicted octanol–water partition coefficient (Wildman–Crippen LogP) is 2.62. The third-order valence-corrected chi connectivity index (χ3v) is 6.26. The number of aromatic amines is 1. The first-order chi connectivity index (χ1) is 15.5. The van der Waals surface area contributed by atoms with Crippen molar-refractivity contribution in [1.82, 2.24) is 29.9 Å². The van der Waals surface area contributed by atoms with Crippen LogP contribution in [0.1, 0.15) is 27.4 Å². The van der Waals surface area contributed by atoms with Gasteiger partial charge in [0.25, 0.3) is 11.5 Å². The molecule has 0 bridgehead atoms. The van der Waals surface area contributed by atoms with Gasteiger partial charge in [0.2, 0.25) is 0 Å². The van der Waals surface area contributed by atoms with Crippen molar-refractivity contribution in [2.45, 2.75) is 24.7 Å². The zero-order valence-corrected chi connectivity index (χ0v) is 18.0. The van der Waals surface area contributed by atoms with E-state index in [2.05, 4.69) is 20.4 Å². The average molecular weight is 450 g/mol. The first-order valence-electron chi connectivity index (χ1n) is 10.0. The molecule has 8 nitrogen and oxygen atoms in total. The molecule has 1 aliphatic rings. The van der Waals surface area contributed by atoms with Gasteiger partial charge in [-0.3, -0.25) is 9.59 Å². The van der Waals surface area contributed by atoms with E-state index < -0.39 is 5.82 Å². The molecule has 0 radical (unpaired) electrons. The molecule has 1 aliphatic heterocycles. The molecule has 2 aromatic heterocycles. The van der Waals surface area contributed by atoms with E-state index in [9.17, 15) is 14.0 Å². The number of nitrogens with one attached hydrogen (secondary N) is 1. The molecule has 1 amide bonds. The minimum atomic E-state index is -0.574. The van der Waals surface area contributed by atoms with Crippen LogP contribution in [-0.2, 0) is 19.5 Å². The second kappa shape index (κ2) is 8.19. The second-order valence-corrected chi connectivity index (χ2v) is 8.29. The maximum absolute atomic E-state index is 14.6. The molecule has 2 aromatic carbocycles. The Bertz CT molecular complexity index is 1400. The summed E-state index contributed by atoms with van der Waals surface area (Å²) in [6, 6.07) is 11.7. The van der Waals surface area contributed by atoms with Gasteiger partial charge in [-0.05, 0) is 30.0 Å². The molecule has 0 fully saturated rings. The number of carbonyl (C=O) groups excluding carboxylic acids is 1. The van der Waals surface area contributed by atoms with Crippen LogP contribution in [0, 0.1) is 5.82 Å². The van der Waals surface area contributed by atoms with E-state index in [1.165, 1.54) is 17.8 Å². The van der Waals surface area contributed by atoms with Crippen molar-refractivity contribution in [3.05, 3.63) is 81.3 Å². The Labute approximate surface area is 186 Å². The van der Waals surface area contributed by atoms with Gasteiger partial charge in [-0.1, -0.05) is 36.0 Å². The Hall–Kier alpha value is -3.53. The topological polar surface area (TPSA) is 96.8 Å². The van der Waals surface area contributed by atoms with E-state index in [0.29, 0.717) is 36.4 Å². The average Bonchev–Trinajstić information content (AvgIpc) is 3.24. The molecule has 4 aromatic rings. The fourth-order valence-corrected chi connectivity index (χ4v) is 4.51. The van der Waals surface area contributed by atoms with Crippen molar-refractivity contribution in [3.8, 4) is 0 Å². The minimum absolute atomic E-state index is 0.00860. The molecule has 0 spiro atoms. The van der Waals surface area contributed by atoms with Crippen LogP contribution < -0.4 is 5.56 Å². The zero-order valence-electron chi connectivity index (χ0n) is 17.2. The number of nitrogens with zero attached hydrogens (tertiary/aromatic N) is 5. The number of hydrogen-bond acceptors (Lipinski definition) is 6. The summed E-state index contributed by atoms with van der Waals surface area (Å²) < 4.78 is 16.6. The van der Waals surface area contributed by atoms with Gasteiger partial charge in [0, 0.05) is 24.9 Å². The molecule has 0 unspecified atom stereocenters. The highest BCUT2D eigenvalue weighted by atomic mass is 32.2. The highest BCUT2D eigenvalue weighted by molar-refractivity contribution is 7.98. The third-order valence-electron chi connectivity index (χ3n) is 5.60. The fourth-order valence-electron chi connectivity index (χ4n) is 3.97. The number of halogens is 1. The minimum Gasteiger partial charge on any atom is -0.329 e. The Morgan fingerprint density at radius 2 is 1.97 bits per heavy atom. The quantitative estimate of drug-likeness (QED) is 0.480. The molecule has 0 aliphatic carbocycles. The van der Waals surface area contributed by atoms with Gasteiger partial charge in [0.1, 0.15) is 5.82 Å². The standard InChI is InChI=1S/C22H19FN6O2S/c1-32-22-27-25-19-12-28(8-9-29(19)22)21(31)16-10-13(6-7-17(16)23)11-18-14-4-2-3-5-15(14)20(30)26-24-18/h2-7,10H,8-9,11-12H2,1H3,(H,26,30). The van der Waals surface area contributed by atoms with Crippen molar-refractivity contribution in [2.24, 2.45) is 0 Å². The number of fused-ring (bicyclic) bond motifs is 2. The number of hydrogen-bond donors (Lipinski definition) is 1.